The maximum atomic E-state index is 13.7. The molecule has 0 aliphatic carbocycles. The molecule has 1 aromatic carbocycles. The molecule has 0 spiro atoms. The van der Waals surface area contributed by atoms with E-state index in [0.717, 1.165) is 37.1 Å². The predicted molar refractivity (Wildman–Crippen MR) is 103 cm³/mol. The number of aryl methyl sites for hydroxylation is 2. The number of aromatic amines is 1. The summed E-state index contributed by atoms with van der Waals surface area (Å²) in [4.78, 5) is 29.5. The van der Waals surface area contributed by atoms with E-state index >= 15 is 0 Å². The van der Waals surface area contributed by atoms with E-state index in [2.05, 4.69) is 10.2 Å². The van der Waals surface area contributed by atoms with Crippen molar-refractivity contribution in [3.8, 4) is 0 Å². The summed E-state index contributed by atoms with van der Waals surface area (Å²) >= 11 is 0. The van der Waals surface area contributed by atoms with Gasteiger partial charge in [0.1, 0.15) is 11.5 Å². The second-order valence-electron chi connectivity index (χ2n) is 7.96. The highest BCUT2D eigenvalue weighted by molar-refractivity contribution is 5.95. The van der Waals surface area contributed by atoms with Crippen LogP contribution < -0.4 is 0 Å². The van der Waals surface area contributed by atoms with Gasteiger partial charge in [-0.25, -0.2) is 4.39 Å². The summed E-state index contributed by atoms with van der Waals surface area (Å²) in [5, 5.41) is 6.94. The Kier molecular flexibility index (Phi) is 4.91. The van der Waals surface area contributed by atoms with Crippen LogP contribution in [0.4, 0.5) is 4.39 Å². The standard InChI is InChI=1S/C21H25FN4O2/c1-13-8-16(11-17(22)9-13)20(27)25-7-5-19-15(12-25)4-3-6-26(19)21(28)18-10-14(2)23-24-18/h8-11,15,19H,3-7,12H2,1-2H3,(H,23,24). The molecule has 148 valence electrons. The third kappa shape index (κ3) is 3.53. The van der Waals surface area contributed by atoms with Gasteiger partial charge in [0.2, 0.25) is 0 Å². The van der Waals surface area contributed by atoms with E-state index in [0.29, 0.717) is 24.3 Å². The Morgan fingerprint density at radius 3 is 2.64 bits per heavy atom. The summed E-state index contributed by atoms with van der Waals surface area (Å²) in [5.41, 5.74) is 2.45. The van der Waals surface area contributed by atoms with Crippen LogP contribution in [0.5, 0.6) is 0 Å². The number of piperidine rings is 2. The molecule has 1 aromatic heterocycles. The molecule has 4 rings (SSSR count). The molecule has 0 saturated carbocycles. The lowest BCUT2D eigenvalue weighted by atomic mass is 9.83. The molecule has 28 heavy (non-hydrogen) atoms. The summed E-state index contributed by atoms with van der Waals surface area (Å²) in [6.07, 6.45) is 2.64. The van der Waals surface area contributed by atoms with Crippen LogP contribution >= 0.6 is 0 Å². The number of nitrogens with one attached hydrogen (secondary N) is 1. The van der Waals surface area contributed by atoms with Crippen molar-refractivity contribution >= 4 is 11.8 Å². The van der Waals surface area contributed by atoms with E-state index in [1.807, 2.05) is 16.7 Å². The van der Waals surface area contributed by atoms with Crippen molar-refractivity contribution in [1.29, 1.82) is 0 Å². The Hall–Kier alpha value is -2.70. The van der Waals surface area contributed by atoms with Gasteiger partial charge in [-0.2, -0.15) is 5.10 Å². The molecule has 7 heteroatoms. The van der Waals surface area contributed by atoms with Crippen molar-refractivity contribution in [2.24, 2.45) is 5.92 Å². The van der Waals surface area contributed by atoms with Crippen molar-refractivity contribution in [3.63, 3.8) is 0 Å². The molecule has 2 unspecified atom stereocenters. The van der Waals surface area contributed by atoms with Gasteiger partial charge in [-0.1, -0.05) is 0 Å². The van der Waals surface area contributed by atoms with Crippen LogP contribution in [0.2, 0.25) is 0 Å². The van der Waals surface area contributed by atoms with E-state index in [-0.39, 0.29) is 29.6 Å². The number of rotatable bonds is 2. The van der Waals surface area contributed by atoms with Gasteiger partial charge >= 0.3 is 0 Å². The molecule has 2 amide bonds. The summed E-state index contributed by atoms with van der Waals surface area (Å²) in [7, 11) is 0. The molecule has 2 atom stereocenters. The average molecular weight is 384 g/mol. The van der Waals surface area contributed by atoms with E-state index in [9.17, 15) is 14.0 Å². The number of nitrogens with zero attached hydrogens (tertiary/aromatic N) is 3. The van der Waals surface area contributed by atoms with Gasteiger partial charge in [-0.05, 0) is 68.9 Å². The Morgan fingerprint density at radius 2 is 1.93 bits per heavy atom. The van der Waals surface area contributed by atoms with Gasteiger partial charge in [0.15, 0.2) is 0 Å². The first-order valence-corrected chi connectivity index (χ1v) is 9.82. The van der Waals surface area contributed by atoms with Crippen LogP contribution in [0.1, 0.15) is 51.4 Å². The van der Waals surface area contributed by atoms with Gasteiger partial charge in [-0.3, -0.25) is 14.7 Å². The minimum Gasteiger partial charge on any atom is -0.338 e. The molecule has 0 bridgehead atoms. The fourth-order valence-electron chi connectivity index (χ4n) is 4.56. The van der Waals surface area contributed by atoms with Gasteiger partial charge < -0.3 is 9.80 Å². The molecular weight excluding hydrogens is 359 g/mol. The molecule has 1 N–H and O–H groups in total. The second-order valence-corrected chi connectivity index (χ2v) is 7.96. The first kappa shape index (κ1) is 18.7. The first-order chi connectivity index (χ1) is 13.4. The van der Waals surface area contributed by atoms with Gasteiger partial charge in [0.05, 0.1) is 0 Å². The summed E-state index contributed by atoms with van der Waals surface area (Å²) in [6.45, 7) is 5.55. The van der Waals surface area contributed by atoms with Crippen LogP contribution in [0.25, 0.3) is 0 Å². The highest BCUT2D eigenvalue weighted by Crippen LogP contribution is 2.32. The third-order valence-corrected chi connectivity index (χ3v) is 5.83. The van der Waals surface area contributed by atoms with Crippen molar-refractivity contribution in [1.82, 2.24) is 20.0 Å². The number of benzene rings is 1. The van der Waals surface area contributed by atoms with Crippen molar-refractivity contribution in [2.75, 3.05) is 19.6 Å². The third-order valence-electron chi connectivity index (χ3n) is 5.83. The fraction of sp³-hybridized carbons (Fsp3) is 0.476. The van der Waals surface area contributed by atoms with Crippen molar-refractivity contribution in [3.05, 3.63) is 52.6 Å². The monoisotopic (exact) mass is 384 g/mol. The maximum absolute atomic E-state index is 13.7. The van der Waals surface area contributed by atoms with Gasteiger partial charge in [0, 0.05) is 36.9 Å². The number of aromatic nitrogens is 2. The minimum absolute atomic E-state index is 0.0421. The number of amides is 2. The SMILES string of the molecule is Cc1cc(F)cc(C(=O)N2CCC3C(CCCN3C(=O)c3cc(C)[nH]n3)C2)c1. The number of H-pyrrole nitrogens is 1. The molecule has 2 saturated heterocycles. The molecule has 2 aliphatic heterocycles. The van der Waals surface area contributed by atoms with E-state index in [1.54, 1.807) is 19.1 Å². The number of carbonyl (C=O) groups excluding carboxylic acids is 2. The van der Waals surface area contributed by atoms with Gasteiger partial charge in [-0.15, -0.1) is 0 Å². The molecule has 3 heterocycles. The second kappa shape index (κ2) is 7.37. The Labute approximate surface area is 163 Å². The highest BCUT2D eigenvalue weighted by Gasteiger charge is 2.40. The molecular formula is C21H25FN4O2. The zero-order valence-electron chi connectivity index (χ0n) is 16.2. The van der Waals surface area contributed by atoms with Crippen molar-refractivity contribution in [2.45, 2.75) is 39.2 Å². The van der Waals surface area contributed by atoms with E-state index < -0.39 is 0 Å². The topological polar surface area (TPSA) is 69.3 Å². The largest absolute Gasteiger partial charge is 0.338 e. The van der Waals surface area contributed by atoms with Crippen molar-refractivity contribution < 1.29 is 14.0 Å². The zero-order valence-corrected chi connectivity index (χ0v) is 16.2. The minimum atomic E-state index is -0.387. The number of halogens is 1. The quantitative estimate of drug-likeness (QED) is 0.866. The first-order valence-electron chi connectivity index (χ1n) is 9.82. The van der Waals surface area contributed by atoms with Crippen LogP contribution in [0.3, 0.4) is 0 Å². The summed E-state index contributed by atoms with van der Waals surface area (Å²) in [5.74, 6) is -0.320. The molecule has 0 radical (unpaired) electrons. The fourth-order valence-corrected chi connectivity index (χ4v) is 4.56. The van der Waals surface area contributed by atoms with Crippen LogP contribution in [0.15, 0.2) is 24.3 Å². The van der Waals surface area contributed by atoms with E-state index in [4.69, 9.17) is 0 Å². The maximum Gasteiger partial charge on any atom is 0.274 e. The van der Waals surface area contributed by atoms with Crippen LogP contribution in [-0.2, 0) is 0 Å². The molecule has 2 aromatic rings. The highest BCUT2D eigenvalue weighted by atomic mass is 19.1. The summed E-state index contributed by atoms with van der Waals surface area (Å²) < 4.78 is 13.7. The van der Waals surface area contributed by atoms with Gasteiger partial charge in [0.25, 0.3) is 11.8 Å². The Bertz CT molecular complexity index is 889. The number of hydrogen-bond donors (Lipinski definition) is 1. The molecule has 6 nitrogen and oxygen atoms in total. The normalized spacial score (nSPS) is 22.1. The number of carbonyl (C=O) groups is 2. The number of likely N-dealkylation sites (tertiary alicyclic amines) is 2. The lowest BCUT2D eigenvalue weighted by Gasteiger charge is -2.47. The molecule has 2 aliphatic rings. The lowest BCUT2D eigenvalue weighted by Crippen LogP contribution is -2.56. The lowest BCUT2D eigenvalue weighted by molar-refractivity contribution is 0.0194. The van der Waals surface area contributed by atoms with Crippen LogP contribution in [0, 0.1) is 25.6 Å². The number of fused-ring (bicyclic) bond motifs is 1. The average Bonchev–Trinajstić information content (AvgIpc) is 3.11. The molecule has 2 fully saturated rings. The Balaban J connectivity index is 1.48. The Morgan fingerprint density at radius 1 is 1.11 bits per heavy atom. The zero-order chi connectivity index (χ0) is 19.8. The van der Waals surface area contributed by atoms with Crippen LogP contribution in [-0.4, -0.2) is 57.5 Å². The number of hydrogen-bond acceptors (Lipinski definition) is 3. The predicted octanol–water partition coefficient (Wildman–Crippen LogP) is 2.93. The summed E-state index contributed by atoms with van der Waals surface area (Å²) in [6, 6.07) is 6.35. The smallest absolute Gasteiger partial charge is 0.274 e. The van der Waals surface area contributed by atoms with E-state index in [1.165, 1.54) is 12.1 Å².